The van der Waals surface area contributed by atoms with Gasteiger partial charge in [-0.25, -0.2) is 13.1 Å². The molecule has 0 bridgehead atoms. The number of hydrogen-bond donors (Lipinski definition) is 4. The Hall–Kier alpha value is -4.58. The molecule has 1 aliphatic heterocycles. The van der Waals surface area contributed by atoms with Crippen LogP contribution in [-0.4, -0.2) is 69.7 Å². The first-order chi connectivity index (χ1) is 22.3. The number of fused-ring (bicyclic) bond motifs is 1. The highest BCUT2D eigenvalue weighted by atomic mass is 32.2. The summed E-state index contributed by atoms with van der Waals surface area (Å²) < 4.78 is 29.7. The molecule has 0 saturated carbocycles. The van der Waals surface area contributed by atoms with E-state index in [1.807, 2.05) is 53.4 Å². The molecule has 240 valence electrons. The monoisotopic (exact) mass is 640 g/mol. The predicted molar refractivity (Wildman–Crippen MR) is 181 cm³/mol. The first-order valence-electron chi connectivity index (χ1n) is 15.4. The van der Waals surface area contributed by atoms with Crippen molar-refractivity contribution in [1.82, 2.24) is 14.9 Å². The number of hydrogen-bond acceptors (Lipinski definition) is 6. The minimum atomic E-state index is -4.04. The number of guanidine groups is 1. The maximum atomic E-state index is 14.0. The topological polar surface area (TPSA) is 160 Å². The lowest BCUT2D eigenvalue weighted by Gasteiger charge is -2.29. The number of nitrogens with one attached hydrogen (secondary N) is 2. The van der Waals surface area contributed by atoms with E-state index in [1.54, 1.807) is 18.2 Å². The summed E-state index contributed by atoms with van der Waals surface area (Å²) in [5.41, 5.74) is 13.3. The number of aldehydes is 1. The highest BCUT2D eigenvalue weighted by molar-refractivity contribution is 7.89. The van der Waals surface area contributed by atoms with Crippen molar-refractivity contribution in [1.29, 1.82) is 0 Å². The number of nitrogens with zero attached hydrogens (tertiary/aromatic N) is 2. The second kappa shape index (κ2) is 15.1. The van der Waals surface area contributed by atoms with Crippen LogP contribution in [0.2, 0.25) is 0 Å². The quantitative estimate of drug-likeness (QED) is 0.0755. The number of amides is 1. The molecule has 4 aromatic rings. The van der Waals surface area contributed by atoms with Crippen LogP contribution < -0.4 is 21.5 Å². The minimum absolute atomic E-state index is 0.00832. The number of aliphatic imine (C=N–C) groups is 1. The summed E-state index contributed by atoms with van der Waals surface area (Å²) in [6.45, 7) is 1.32. The number of rotatable bonds is 13. The zero-order chi connectivity index (χ0) is 32.5. The molecule has 5 rings (SSSR count). The first kappa shape index (κ1) is 32.8. The lowest BCUT2D eigenvalue weighted by Crippen LogP contribution is -2.49. The largest absolute Gasteiger partial charge is 0.370 e. The third kappa shape index (κ3) is 7.97. The Morgan fingerprint density at radius 2 is 1.61 bits per heavy atom. The second-order valence-electron chi connectivity index (χ2n) is 11.5. The molecular formula is C35H40N6O4S. The molecule has 1 heterocycles. The van der Waals surface area contributed by atoms with E-state index in [0.717, 1.165) is 16.5 Å². The fourth-order valence-corrected chi connectivity index (χ4v) is 7.32. The SMILES string of the molecule is NC(N)=NCCC[C@@H]1N[C@H](CNS(=O)(=O)c2ccc3ccccc3c2C=O)CCN(CC(c2ccccc2)c2ccccc2)C1=O. The molecule has 0 spiro atoms. The minimum Gasteiger partial charge on any atom is -0.370 e. The van der Waals surface area contributed by atoms with E-state index in [0.29, 0.717) is 50.6 Å². The molecular weight excluding hydrogens is 600 g/mol. The standard InChI is InChI=1S/C35H40N6O4S/c36-35(37)38-20-9-16-32-34(43)41(23-30(25-10-3-1-4-11-25)26-12-5-2-6-13-26)21-19-28(40-32)22-39-46(44,45)33-18-17-27-14-7-8-15-29(27)31(33)24-42/h1-8,10-15,17-18,24,28,30,32,39-40H,9,16,19-23H2,(H4,36,37,38)/t28-,32-/m0/s1. The zero-order valence-corrected chi connectivity index (χ0v) is 26.4. The molecule has 10 nitrogen and oxygen atoms in total. The summed E-state index contributed by atoms with van der Waals surface area (Å²) >= 11 is 0. The van der Waals surface area contributed by atoms with Crippen molar-refractivity contribution in [2.24, 2.45) is 16.5 Å². The Morgan fingerprint density at radius 3 is 2.26 bits per heavy atom. The van der Waals surface area contributed by atoms with Gasteiger partial charge in [-0.2, -0.15) is 0 Å². The molecule has 2 atom stereocenters. The molecule has 4 aromatic carbocycles. The van der Waals surface area contributed by atoms with E-state index in [4.69, 9.17) is 11.5 Å². The van der Waals surface area contributed by atoms with Gasteiger partial charge in [-0.05, 0) is 47.2 Å². The predicted octanol–water partition coefficient (Wildman–Crippen LogP) is 3.38. The van der Waals surface area contributed by atoms with Gasteiger partial charge in [0.15, 0.2) is 12.2 Å². The Bertz CT molecular complexity index is 1740. The van der Waals surface area contributed by atoms with Gasteiger partial charge in [0.2, 0.25) is 15.9 Å². The summed E-state index contributed by atoms with van der Waals surface area (Å²) in [6.07, 6.45) is 2.14. The van der Waals surface area contributed by atoms with Gasteiger partial charge in [0, 0.05) is 43.7 Å². The van der Waals surface area contributed by atoms with E-state index < -0.39 is 16.1 Å². The van der Waals surface area contributed by atoms with Crippen LogP contribution in [0.5, 0.6) is 0 Å². The molecule has 0 unspecified atom stereocenters. The van der Waals surface area contributed by atoms with Gasteiger partial charge in [0.25, 0.3) is 0 Å². The van der Waals surface area contributed by atoms with Gasteiger partial charge in [-0.1, -0.05) is 91.0 Å². The van der Waals surface area contributed by atoms with Crippen LogP contribution in [0.25, 0.3) is 10.8 Å². The van der Waals surface area contributed by atoms with Crippen molar-refractivity contribution in [2.45, 2.75) is 42.2 Å². The highest BCUT2D eigenvalue weighted by Gasteiger charge is 2.33. The van der Waals surface area contributed by atoms with Crippen LogP contribution in [0.15, 0.2) is 107 Å². The Labute approximate surface area is 269 Å². The Kier molecular flexibility index (Phi) is 10.8. The van der Waals surface area contributed by atoms with Crippen LogP contribution in [0.4, 0.5) is 0 Å². The molecule has 1 fully saturated rings. The van der Waals surface area contributed by atoms with Crippen molar-refractivity contribution in [3.8, 4) is 0 Å². The van der Waals surface area contributed by atoms with Gasteiger partial charge in [-0.15, -0.1) is 0 Å². The fraction of sp³-hybridized carbons (Fsp3) is 0.286. The maximum absolute atomic E-state index is 14.0. The summed E-state index contributed by atoms with van der Waals surface area (Å²) in [7, 11) is -4.04. The van der Waals surface area contributed by atoms with E-state index >= 15 is 0 Å². The normalized spacial score (nSPS) is 17.2. The Balaban J connectivity index is 1.37. The van der Waals surface area contributed by atoms with Gasteiger partial charge in [0.1, 0.15) is 0 Å². The molecule has 1 saturated heterocycles. The third-order valence-corrected chi connectivity index (χ3v) is 9.89. The van der Waals surface area contributed by atoms with E-state index in [2.05, 4.69) is 39.3 Å². The van der Waals surface area contributed by atoms with Crippen LogP contribution in [0, 0.1) is 0 Å². The number of carbonyl (C=O) groups excluding carboxylic acids is 2. The van der Waals surface area contributed by atoms with Crippen LogP contribution >= 0.6 is 0 Å². The third-order valence-electron chi connectivity index (χ3n) is 8.40. The summed E-state index contributed by atoms with van der Waals surface area (Å²) in [4.78, 5) is 32.0. The lowest BCUT2D eigenvalue weighted by molar-refractivity contribution is -0.133. The number of nitrogens with two attached hydrogens (primary N) is 2. The molecule has 1 aliphatic rings. The van der Waals surface area contributed by atoms with E-state index in [-0.39, 0.29) is 40.8 Å². The van der Waals surface area contributed by atoms with Crippen LogP contribution in [-0.2, 0) is 14.8 Å². The lowest BCUT2D eigenvalue weighted by atomic mass is 9.90. The molecule has 0 radical (unpaired) electrons. The average Bonchev–Trinajstić information content (AvgIpc) is 3.22. The smallest absolute Gasteiger partial charge is 0.241 e. The zero-order valence-electron chi connectivity index (χ0n) is 25.6. The van der Waals surface area contributed by atoms with Crippen molar-refractivity contribution in [3.05, 3.63) is 114 Å². The van der Waals surface area contributed by atoms with Gasteiger partial charge in [-0.3, -0.25) is 14.6 Å². The maximum Gasteiger partial charge on any atom is 0.241 e. The average molecular weight is 641 g/mol. The van der Waals surface area contributed by atoms with Crippen LogP contribution in [0.1, 0.15) is 46.7 Å². The number of sulfonamides is 1. The van der Waals surface area contributed by atoms with Crippen molar-refractivity contribution in [2.75, 3.05) is 26.2 Å². The fourth-order valence-electron chi connectivity index (χ4n) is 6.05. The summed E-state index contributed by atoms with van der Waals surface area (Å²) in [5, 5.41) is 4.77. The van der Waals surface area contributed by atoms with Crippen molar-refractivity contribution >= 4 is 38.9 Å². The molecule has 46 heavy (non-hydrogen) atoms. The van der Waals surface area contributed by atoms with Gasteiger partial charge in [0.05, 0.1) is 10.9 Å². The molecule has 0 aromatic heterocycles. The molecule has 1 amide bonds. The molecule has 6 N–H and O–H groups in total. The van der Waals surface area contributed by atoms with Crippen molar-refractivity contribution in [3.63, 3.8) is 0 Å². The van der Waals surface area contributed by atoms with Crippen LogP contribution in [0.3, 0.4) is 0 Å². The summed E-state index contributed by atoms with van der Waals surface area (Å²) in [6, 6.07) is 29.6. The molecule has 11 heteroatoms. The van der Waals surface area contributed by atoms with E-state index in [9.17, 15) is 18.0 Å². The van der Waals surface area contributed by atoms with Crippen molar-refractivity contribution < 1.29 is 18.0 Å². The Morgan fingerprint density at radius 1 is 0.957 bits per heavy atom. The number of carbonyl (C=O) groups is 2. The summed E-state index contributed by atoms with van der Waals surface area (Å²) in [5.74, 6) is -0.103. The first-order valence-corrected chi connectivity index (χ1v) is 16.9. The van der Waals surface area contributed by atoms with Gasteiger partial charge < -0.3 is 21.7 Å². The van der Waals surface area contributed by atoms with E-state index in [1.165, 1.54) is 6.07 Å². The highest BCUT2D eigenvalue weighted by Crippen LogP contribution is 2.28. The molecule has 0 aliphatic carbocycles. The van der Waals surface area contributed by atoms with Gasteiger partial charge >= 0.3 is 0 Å². The second-order valence-corrected chi connectivity index (χ2v) is 13.2. The number of benzene rings is 4.